The second kappa shape index (κ2) is 3.33. The van der Waals surface area contributed by atoms with E-state index in [9.17, 15) is 0 Å². The number of aryl methyl sites for hydroxylation is 3. The fourth-order valence-corrected chi connectivity index (χ4v) is 1.56. The van der Waals surface area contributed by atoms with E-state index in [1.165, 1.54) is 16.7 Å². The number of benzene rings is 1. The molecule has 0 radical (unpaired) electrons. The third kappa shape index (κ3) is 1.46. The molecule has 1 aromatic carbocycles. The Bertz CT molecular complexity index is 433. The normalized spacial score (nSPS) is 10.5. The second-order valence-corrected chi connectivity index (χ2v) is 3.66. The summed E-state index contributed by atoms with van der Waals surface area (Å²) in [5, 5.41) is 0. The van der Waals surface area contributed by atoms with Gasteiger partial charge in [0.2, 0.25) is 0 Å². The Morgan fingerprint density at radius 3 is 2.21 bits per heavy atom. The predicted molar refractivity (Wildman–Crippen MR) is 58.4 cm³/mol. The number of hydrogen-bond acceptors (Lipinski definition) is 1. The molecule has 1 nitrogen and oxygen atoms in total. The summed E-state index contributed by atoms with van der Waals surface area (Å²) in [5.74, 6) is 1.97. The van der Waals surface area contributed by atoms with Gasteiger partial charge in [0.25, 0.3) is 0 Å². The highest BCUT2D eigenvalue weighted by atomic mass is 16.3. The van der Waals surface area contributed by atoms with E-state index in [4.69, 9.17) is 4.42 Å². The SMILES string of the molecule is Cc1ccccc1-c1cc(C)c(C)o1. The first-order chi connectivity index (χ1) is 6.68. The van der Waals surface area contributed by atoms with Gasteiger partial charge in [0.15, 0.2) is 0 Å². The molecule has 0 saturated heterocycles. The van der Waals surface area contributed by atoms with Crippen molar-refractivity contribution in [3.63, 3.8) is 0 Å². The lowest BCUT2D eigenvalue weighted by molar-refractivity contribution is 0.545. The van der Waals surface area contributed by atoms with E-state index in [0.29, 0.717) is 0 Å². The molecule has 2 rings (SSSR count). The Kier molecular flexibility index (Phi) is 2.16. The molecule has 14 heavy (non-hydrogen) atoms. The molecule has 0 unspecified atom stereocenters. The van der Waals surface area contributed by atoms with Crippen molar-refractivity contribution in [1.29, 1.82) is 0 Å². The average Bonchev–Trinajstić information content (AvgIpc) is 2.48. The van der Waals surface area contributed by atoms with Gasteiger partial charge in [-0.15, -0.1) is 0 Å². The van der Waals surface area contributed by atoms with Crippen molar-refractivity contribution in [2.75, 3.05) is 0 Å². The minimum atomic E-state index is 0.970. The Morgan fingerprint density at radius 2 is 1.64 bits per heavy atom. The van der Waals surface area contributed by atoms with E-state index < -0.39 is 0 Å². The van der Waals surface area contributed by atoms with Crippen molar-refractivity contribution >= 4 is 0 Å². The highest BCUT2D eigenvalue weighted by Crippen LogP contribution is 2.27. The summed E-state index contributed by atoms with van der Waals surface area (Å²) in [6.07, 6.45) is 0. The Balaban J connectivity index is 2.55. The highest BCUT2D eigenvalue weighted by molar-refractivity contribution is 5.62. The maximum atomic E-state index is 5.68. The van der Waals surface area contributed by atoms with Crippen LogP contribution in [-0.2, 0) is 0 Å². The lowest BCUT2D eigenvalue weighted by Gasteiger charge is -2.00. The molecule has 0 saturated carbocycles. The minimum Gasteiger partial charge on any atom is -0.461 e. The predicted octanol–water partition coefficient (Wildman–Crippen LogP) is 3.87. The molecule has 2 aromatic rings. The van der Waals surface area contributed by atoms with Crippen LogP contribution in [0.1, 0.15) is 16.9 Å². The van der Waals surface area contributed by atoms with Gasteiger partial charge >= 0.3 is 0 Å². The summed E-state index contributed by atoms with van der Waals surface area (Å²) in [4.78, 5) is 0. The van der Waals surface area contributed by atoms with Crippen molar-refractivity contribution in [2.24, 2.45) is 0 Å². The summed E-state index contributed by atoms with van der Waals surface area (Å²) in [5.41, 5.74) is 3.65. The van der Waals surface area contributed by atoms with Crippen LogP contribution in [0.15, 0.2) is 34.7 Å². The standard InChI is InChI=1S/C13H14O/c1-9-6-4-5-7-12(9)13-8-10(2)11(3)14-13/h4-8H,1-3H3. The van der Waals surface area contributed by atoms with Crippen LogP contribution >= 0.6 is 0 Å². The summed E-state index contributed by atoms with van der Waals surface area (Å²) < 4.78 is 5.68. The van der Waals surface area contributed by atoms with Crippen LogP contribution < -0.4 is 0 Å². The summed E-state index contributed by atoms with van der Waals surface area (Å²) >= 11 is 0. The van der Waals surface area contributed by atoms with Gasteiger partial charge in [-0.3, -0.25) is 0 Å². The lowest BCUT2D eigenvalue weighted by atomic mass is 10.1. The van der Waals surface area contributed by atoms with Crippen LogP contribution in [0.2, 0.25) is 0 Å². The molecule has 0 aliphatic carbocycles. The van der Waals surface area contributed by atoms with E-state index >= 15 is 0 Å². The average molecular weight is 186 g/mol. The van der Waals surface area contributed by atoms with Crippen molar-refractivity contribution in [2.45, 2.75) is 20.8 Å². The van der Waals surface area contributed by atoms with Gasteiger partial charge in [-0.2, -0.15) is 0 Å². The monoisotopic (exact) mass is 186 g/mol. The van der Waals surface area contributed by atoms with Crippen LogP contribution in [0, 0.1) is 20.8 Å². The van der Waals surface area contributed by atoms with E-state index in [1.54, 1.807) is 0 Å². The van der Waals surface area contributed by atoms with Crippen molar-refractivity contribution in [3.05, 3.63) is 47.2 Å². The van der Waals surface area contributed by atoms with Gasteiger partial charge in [0, 0.05) is 5.56 Å². The minimum absolute atomic E-state index is 0.970. The van der Waals surface area contributed by atoms with Crippen LogP contribution in [0.3, 0.4) is 0 Å². The highest BCUT2D eigenvalue weighted by Gasteiger charge is 2.07. The fourth-order valence-electron chi connectivity index (χ4n) is 1.56. The van der Waals surface area contributed by atoms with E-state index in [0.717, 1.165) is 11.5 Å². The molecule has 0 aliphatic rings. The fraction of sp³-hybridized carbons (Fsp3) is 0.231. The summed E-state index contributed by atoms with van der Waals surface area (Å²) in [7, 11) is 0. The molecule has 0 bridgehead atoms. The number of furan rings is 1. The molecule has 0 aliphatic heterocycles. The third-order valence-corrected chi connectivity index (χ3v) is 2.58. The third-order valence-electron chi connectivity index (χ3n) is 2.58. The molecule has 72 valence electrons. The zero-order valence-corrected chi connectivity index (χ0v) is 8.79. The molecule has 0 fully saturated rings. The van der Waals surface area contributed by atoms with Gasteiger partial charge in [-0.1, -0.05) is 24.3 Å². The van der Waals surface area contributed by atoms with Crippen molar-refractivity contribution in [1.82, 2.24) is 0 Å². The van der Waals surface area contributed by atoms with Crippen LogP contribution in [0.25, 0.3) is 11.3 Å². The van der Waals surface area contributed by atoms with Crippen molar-refractivity contribution in [3.8, 4) is 11.3 Å². The molecule has 0 amide bonds. The summed E-state index contributed by atoms with van der Waals surface area (Å²) in [6, 6.07) is 10.4. The first-order valence-corrected chi connectivity index (χ1v) is 4.81. The Labute approximate surface area is 84.4 Å². The second-order valence-electron chi connectivity index (χ2n) is 3.66. The van der Waals surface area contributed by atoms with Gasteiger partial charge in [-0.25, -0.2) is 0 Å². The van der Waals surface area contributed by atoms with Gasteiger partial charge in [-0.05, 0) is 38.0 Å². The van der Waals surface area contributed by atoms with E-state index in [-0.39, 0.29) is 0 Å². The molecular formula is C13H14O. The van der Waals surface area contributed by atoms with Gasteiger partial charge in [0.05, 0.1) is 0 Å². The van der Waals surface area contributed by atoms with Crippen LogP contribution in [0.4, 0.5) is 0 Å². The quantitative estimate of drug-likeness (QED) is 0.658. The lowest BCUT2D eigenvalue weighted by Crippen LogP contribution is -1.78. The molecule has 0 N–H and O–H groups in total. The molecule has 1 aromatic heterocycles. The van der Waals surface area contributed by atoms with Crippen LogP contribution in [-0.4, -0.2) is 0 Å². The first-order valence-electron chi connectivity index (χ1n) is 4.81. The maximum Gasteiger partial charge on any atom is 0.134 e. The molecule has 0 spiro atoms. The molecule has 0 atom stereocenters. The molecular weight excluding hydrogens is 172 g/mol. The summed E-state index contributed by atoms with van der Waals surface area (Å²) in [6.45, 7) is 6.17. The van der Waals surface area contributed by atoms with E-state index in [1.807, 2.05) is 19.1 Å². The largest absolute Gasteiger partial charge is 0.461 e. The Morgan fingerprint density at radius 1 is 0.929 bits per heavy atom. The maximum absolute atomic E-state index is 5.68. The Hall–Kier alpha value is -1.50. The van der Waals surface area contributed by atoms with Crippen LogP contribution in [0.5, 0.6) is 0 Å². The zero-order chi connectivity index (χ0) is 10.1. The molecule has 1 heterocycles. The van der Waals surface area contributed by atoms with Gasteiger partial charge in [0.1, 0.15) is 11.5 Å². The van der Waals surface area contributed by atoms with E-state index in [2.05, 4.69) is 32.0 Å². The van der Waals surface area contributed by atoms with Gasteiger partial charge < -0.3 is 4.42 Å². The molecule has 1 heteroatoms. The zero-order valence-electron chi connectivity index (χ0n) is 8.79. The number of hydrogen-bond donors (Lipinski definition) is 0. The smallest absolute Gasteiger partial charge is 0.134 e. The first kappa shape index (κ1) is 9.07. The van der Waals surface area contributed by atoms with Crippen molar-refractivity contribution < 1.29 is 4.42 Å². The number of rotatable bonds is 1. The topological polar surface area (TPSA) is 13.1 Å².